The van der Waals surface area contributed by atoms with Crippen LogP contribution >= 0.6 is 0 Å². The molecule has 0 amide bonds. The maximum atomic E-state index is 10.1. The van der Waals surface area contributed by atoms with E-state index in [1.165, 1.54) is 69.8 Å². The van der Waals surface area contributed by atoms with Crippen LogP contribution in [0.4, 0.5) is 0 Å². The van der Waals surface area contributed by atoms with E-state index in [1.807, 2.05) is 6.07 Å². The summed E-state index contributed by atoms with van der Waals surface area (Å²) in [6, 6.07) is 6.18. The van der Waals surface area contributed by atoms with E-state index in [2.05, 4.69) is 37.8 Å². The van der Waals surface area contributed by atoms with Crippen LogP contribution in [0.5, 0.6) is 5.75 Å². The number of unbranched alkanes of at least 4 members (excludes halogenated alkanes) is 9. The minimum Gasteiger partial charge on any atom is -0.508 e. The van der Waals surface area contributed by atoms with E-state index in [1.54, 1.807) is 0 Å². The molecule has 0 saturated carbocycles. The first-order valence-corrected chi connectivity index (χ1v) is 10.7. The average molecular weight is 348 g/mol. The van der Waals surface area contributed by atoms with Gasteiger partial charge in [-0.05, 0) is 37.6 Å². The molecule has 0 heterocycles. The molecular formula is C23H41NO. The van der Waals surface area contributed by atoms with E-state index in [4.69, 9.17) is 0 Å². The Hall–Kier alpha value is -1.02. The van der Waals surface area contributed by atoms with Crippen LogP contribution in [0.3, 0.4) is 0 Å². The molecule has 1 aromatic carbocycles. The Morgan fingerprint density at radius 1 is 0.760 bits per heavy atom. The zero-order valence-electron chi connectivity index (χ0n) is 17.0. The quantitative estimate of drug-likeness (QED) is 0.357. The van der Waals surface area contributed by atoms with Crippen molar-refractivity contribution in [2.45, 2.75) is 97.9 Å². The largest absolute Gasteiger partial charge is 0.508 e. The highest BCUT2D eigenvalue weighted by Crippen LogP contribution is 2.22. The van der Waals surface area contributed by atoms with Gasteiger partial charge in [-0.1, -0.05) is 90.7 Å². The van der Waals surface area contributed by atoms with Crippen molar-refractivity contribution < 1.29 is 5.11 Å². The van der Waals surface area contributed by atoms with Gasteiger partial charge in [0.2, 0.25) is 0 Å². The van der Waals surface area contributed by atoms with Crippen LogP contribution in [0.1, 0.15) is 96.1 Å². The number of rotatable bonds is 15. The summed E-state index contributed by atoms with van der Waals surface area (Å²) in [5.74, 6) is 0.443. The molecule has 144 valence electrons. The predicted octanol–water partition coefficient (Wildman–Crippen LogP) is 6.70. The topological polar surface area (TPSA) is 23.5 Å². The molecule has 25 heavy (non-hydrogen) atoms. The lowest BCUT2D eigenvalue weighted by atomic mass is 10.0. The van der Waals surface area contributed by atoms with Gasteiger partial charge in [0.15, 0.2) is 0 Å². The van der Waals surface area contributed by atoms with E-state index in [0.717, 1.165) is 31.6 Å². The number of phenols is 1. The third kappa shape index (κ3) is 9.89. The van der Waals surface area contributed by atoms with Crippen LogP contribution in [0, 0.1) is 0 Å². The molecule has 0 radical (unpaired) electrons. The minimum atomic E-state index is 0.443. The fourth-order valence-electron chi connectivity index (χ4n) is 3.43. The third-order valence-corrected chi connectivity index (χ3v) is 5.25. The van der Waals surface area contributed by atoms with E-state index < -0.39 is 0 Å². The van der Waals surface area contributed by atoms with Gasteiger partial charge in [-0.2, -0.15) is 0 Å². The van der Waals surface area contributed by atoms with Crippen LogP contribution in [0.25, 0.3) is 0 Å². The molecule has 2 heteroatoms. The second-order valence-corrected chi connectivity index (χ2v) is 7.36. The first-order valence-electron chi connectivity index (χ1n) is 10.7. The SMILES string of the molecule is CCCCCCCCCCCCc1ccc(O)c(CN(CC)CC)c1. The van der Waals surface area contributed by atoms with E-state index >= 15 is 0 Å². The lowest BCUT2D eigenvalue weighted by molar-refractivity contribution is 0.290. The number of nitrogens with zero attached hydrogens (tertiary/aromatic N) is 1. The minimum absolute atomic E-state index is 0.443. The summed E-state index contributed by atoms with van der Waals surface area (Å²) in [5.41, 5.74) is 2.45. The van der Waals surface area contributed by atoms with Crippen LogP contribution in [-0.4, -0.2) is 23.1 Å². The highest BCUT2D eigenvalue weighted by molar-refractivity contribution is 5.36. The van der Waals surface area contributed by atoms with Gasteiger partial charge < -0.3 is 5.11 Å². The second-order valence-electron chi connectivity index (χ2n) is 7.36. The Balaban J connectivity index is 2.20. The summed E-state index contributed by atoms with van der Waals surface area (Å²) in [6.07, 6.45) is 15.0. The van der Waals surface area contributed by atoms with E-state index in [9.17, 15) is 5.11 Å². The van der Waals surface area contributed by atoms with Crippen molar-refractivity contribution in [1.82, 2.24) is 4.90 Å². The molecule has 0 fully saturated rings. The van der Waals surface area contributed by atoms with Crippen LogP contribution < -0.4 is 0 Å². The molecule has 1 N–H and O–H groups in total. The summed E-state index contributed by atoms with van der Waals surface area (Å²) in [5, 5.41) is 10.1. The zero-order valence-corrected chi connectivity index (χ0v) is 17.0. The van der Waals surface area contributed by atoms with Gasteiger partial charge in [-0.3, -0.25) is 4.90 Å². The molecule has 0 aromatic heterocycles. The molecule has 0 bridgehead atoms. The fraction of sp³-hybridized carbons (Fsp3) is 0.739. The van der Waals surface area contributed by atoms with Gasteiger partial charge in [0.25, 0.3) is 0 Å². The van der Waals surface area contributed by atoms with Gasteiger partial charge in [0, 0.05) is 12.1 Å². The molecule has 0 saturated heterocycles. The van der Waals surface area contributed by atoms with Gasteiger partial charge in [0.05, 0.1) is 0 Å². The smallest absolute Gasteiger partial charge is 0.120 e. The molecule has 0 aliphatic heterocycles. The number of phenolic OH excluding ortho intramolecular Hbond substituents is 1. The molecule has 0 spiro atoms. The highest BCUT2D eigenvalue weighted by Gasteiger charge is 2.07. The monoisotopic (exact) mass is 347 g/mol. The number of hydrogen-bond acceptors (Lipinski definition) is 2. The fourth-order valence-corrected chi connectivity index (χ4v) is 3.43. The highest BCUT2D eigenvalue weighted by atomic mass is 16.3. The molecule has 0 unspecified atom stereocenters. The van der Waals surface area contributed by atoms with Crippen molar-refractivity contribution in [2.75, 3.05) is 13.1 Å². The summed E-state index contributed by atoms with van der Waals surface area (Å²) in [6.45, 7) is 9.53. The third-order valence-electron chi connectivity index (χ3n) is 5.25. The predicted molar refractivity (Wildman–Crippen MR) is 110 cm³/mol. The summed E-state index contributed by atoms with van der Waals surface area (Å²) in [7, 11) is 0. The molecule has 0 atom stereocenters. The second kappa shape index (κ2) is 14.2. The van der Waals surface area contributed by atoms with Crippen LogP contribution in [0.2, 0.25) is 0 Å². The van der Waals surface area contributed by atoms with Crippen molar-refractivity contribution in [2.24, 2.45) is 0 Å². The van der Waals surface area contributed by atoms with Gasteiger partial charge in [-0.25, -0.2) is 0 Å². The zero-order chi connectivity index (χ0) is 18.3. The van der Waals surface area contributed by atoms with Crippen molar-refractivity contribution in [3.63, 3.8) is 0 Å². The van der Waals surface area contributed by atoms with Crippen LogP contribution in [-0.2, 0) is 13.0 Å². The summed E-state index contributed by atoms with van der Waals surface area (Å²) in [4.78, 5) is 2.35. The lowest BCUT2D eigenvalue weighted by Crippen LogP contribution is -2.22. The average Bonchev–Trinajstić information content (AvgIpc) is 2.63. The summed E-state index contributed by atoms with van der Waals surface area (Å²) >= 11 is 0. The number of benzene rings is 1. The lowest BCUT2D eigenvalue weighted by Gasteiger charge is -2.19. The molecular weight excluding hydrogens is 306 g/mol. The Bertz CT molecular complexity index is 440. The van der Waals surface area contributed by atoms with Gasteiger partial charge >= 0.3 is 0 Å². The van der Waals surface area contributed by atoms with E-state index in [-0.39, 0.29) is 0 Å². The Labute approximate surface area is 156 Å². The maximum Gasteiger partial charge on any atom is 0.120 e. The summed E-state index contributed by atoms with van der Waals surface area (Å²) < 4.78 is 0. The number of aryl methyl sites for hydroxylation is 1. The molecule has 2 nitrogen and oxygen atoms in total. The van der Waals surface area contributed by atoms with Crippen LogP contribution in [0.15, 0.2) is 18.2 Å². The van der Waals surface area contributed by atoms with Gasteiger partial charge in [0.1, 0.15) is 5.75 Å². The maximum absolute atomic E-state index is 10.1. The Morgan fingerprint density at radius 3 is 1.88 bits per heavy atom. The number of hydrogen-bond donors (Lipinski definition) is 1. The Morgan fingerprint density at radius 2 is 1.32 bits per heavy atom. The first-order chi connectivity index (χ1) is 12.2. The molecule has 1 aromatic rings. The molecule has 0 aliphatic carbocycles. The van der Waals surface area contributed by atoms with Crippen molar-refractivity contribution >= 4 is 0 Å². The Kier molecular flexibility index (Phi) is 12.5. The van der Waals surface area contributed by atoms with Crippen molar-refractivity contribution in [3.05, 3.63) is 29.3 Å². The van der Waals surface area contributed by atoms with Crippen molar-refractivity contribution in [1.29, 1.82) is 0 Å². The standard InChI is InChI=1S/C23H41NO/c1-4-7-8-9-10-11-12-13-14-15-16-21-17-18-23(25)22(19-21)20-24(5-2)6-3/h17-19,25H,4-16,20H2,1-3H3. The first kappa shape index (κ1) is 22.0. The van der Waals surface area contributed by atoms with E-state index in [0.29, 0.717) is 5.75 Å². The normalized spacial score (nSPS) is 11.4. The molecule has 0 aliphatic rings. The van der Waals surface area contributed by atoms with Crippen molar-refractivity contribution in [3.8, 4) is 5.75 Å². The van der Waals surface area contributed by atoms with Gasteiger partial charge in [-0.15, -0.1) is 0 Å². The number of aromatic hydroxyl groups is 1. The molecule has 1 rings (SSSR count).